The predicted octanol–water partition coefficient (Wildman–Crippen LogP) is 7.08. The molecule has 0 unspecified atom stereocenters. The number of aromatic hydroxyl groups is 1. The highest BCUT2D eigenvalue weighted by Crippen LogP contribution is 2.42. The Morgan fingerprint density at radius 2 is 1.70 bits per heavy atom. The lowest BCUT2D eigenvalue weighted by Gasteiger charge is -2.14. The molecule has 0 saturated carbocycles. The van der Waals surface area contributed by atoms with Crippen LogP contribution >= 0.6 is 23.2 Å². The number of ether oxygens (including phenoxy) is 1. The average Bonchev–Trinajstić information content (AvgIpc) is 2.85. The molecule has 190 valence electrons. The van der Waals surface area contributed by atoms with Crippen LogP contribution in [0.3, 0.4) is 0 Å². The number of fused-ring (bicyclic) bond motifs is 1. The van der Waals surface area contributed by atoms with Gasteiger partial charge in [-0.05, 0) is 42.1 Å². The van der Waals surface area contributed by atoms with Gasteiger partial charge in [-0.15, -0.1) is 10.2 Å². The molecule has 0 atom stereocenters. The number of azo groups is 1. The monoisotopic (exact) mass is 559 g/mol. The van der Waals surface area contributed by atoms with Crippen molar-refractivity contribution in [3.05, 3.63) is 81.8 Å². The lowest BCUT2D eigenvalue weighted by molar-refractivity contribution is 0.102. The van der Waals surface area contributed by atoms with E-state index < -0.39 is 26.7 Å². The van der Waals surface area contributed by atoms with E-state index in [1.165, 1.54) is 19.2 Å². The highest BCUT2D eigenvalue weighted by molar-refractivity contribution is 7.86. The number of anilines is 1. The van der Waals surface area contributed by atoms with Gasteiger partial charge < -0.3 is 15.2 Å². The van der Waals surface area contributed by atoms with Crippen LogP contribution in [0.5, 0.6) is 11.5 Å². The van der Waals surface area contributed by atoms with Crippen molar-refractivity contribution in [2.24, 2.45) is 10.2 Å². The number of para-hydroxylation sites is 1. The van der Waals surface area contributed by atoms with E-state index in [9.17, 15) is 22.9 Å². The van der Waals surface area contributed by atoms with Gasteiger partial charge in [0.2, 0.25) is 0 Å². The molecular formula is C25H19Cl2N3O6S. The maximum Gasteiger partial charge on any atom is 0.296 e. The summed E-state index contributed by atoms with van der Waals surface area (Å²) >= 11 is 12.5. The van der Waals surface area contributed by atoms with E-state index >= 15 is 0 Å². The fraction of sp³-hybridized carbons (Fsp3) is 0.0800. The maximum atomic E-state index is 13.2. The summed E-state index contributed by atoms with van der Waals surface area (Å²) in [6.45, 7) is 1.62. The highest BCUT2D eigenvalue weighted by Gasteiger charge is 2.22. The van der Waals surface area contributed by atoms with Gasteiger partial charge in [0.05, 0.1) is 22.7 Å². The van der Waals surface area contributed by atoms with E-state index in [0.29, 0.717) is 22.1 Å². The standard InChI is InChI=1S/C25H19Cl2N3O6S/c1-13-10-11-19(37(33,34)35)23(20(13)27)30-29-21-15-7-4-3-6-14(15)12-16(24(21)31)25(32)28-22-17(26)8-5-9-18(22)36-2/h3-12,31H,1-2H3,(H,28,32)(H,33,34,35). The van der Waals surface area contributed by atoms with Crippen molar-refractivity contribution in [3.8, 4) is 11.5 Å². The number of hydrogen-bond donors (Lipinski definition) is 3. The molecule has 1 amide bonds. The maximum absolute atomic E-state index is 13.2. The van der Waals surface area contributed by atoms with Crippen LogP contribution < -0.4 is 10.1 Å². The molecule has 3 N–H and O–H groups in total. The highest BCUT2D eigenvalue weighted by atomic mass is 35.5. The van der Waals surface area contributed by atoms with Crippen molar-refractivity contribution in [2.75, 3.05) is 12.4 Å². The fourth-order valence-electron chi connectivity index (χ4n) is 3.62. The van der Waals surface area contributed by atoms with E-state index in [0.717, 1.165) is 6.07 Å². The van der Waals surface area contributed by atoms with Gasteiger partial charge in [-0.25, -0.2) is 0 Å². The van der Waals surface area contributed by atoms with Crippen LogP contribution in [0.15, 0.2) is 75.8 Å². The first-order valence-corrected chi connectivity index (χ1v) is 12.8. The largest absolute Gasteiger partial charge is 0.505 e. The first-order valence-electron chi connectivity index (χ1n) is 10.6. The average molecular weight is 560 g/mol. The van der Waals surface area contributed by atoms with Crippen molar-refractivity contribution >= 4 is 67.1 Å². The molecular weight excluding hydrogens is 541 g/mol. The number of carbonyl (C=O) groups excluding carboxylic acids is 1. The Morgan fingerprint density at radius 1 is 1.00 bits per heavy atom. The molecule has 0 aliphatic heterocycles. The first kappa shape index (κ1) is 26.4. The molecule has 4 rings (SSSR count). The number of carbonyl (C=O) groups is 1. The zero-order valence-electron chi connectivity index (χ0n) is 19.4. The van der Waals surface area contributed by atoms with Gasteiger partial charge in [0.15, 0.2) is 5.75 Å². The lowest BCUT2D eigenvalue weighted by Crippen LogP contribution is -2.13. The third-order valence-electron chi connectivity index (χ3n) is 5.47. The van der Waals surface area contributed by atoms with Crippen LogP contribution in [0.4, 0.5) is 17.1 Å². The van der Waals surface area contributed by atoms with Crippen LogP contribution in [-0.4, -0.2) is 31.1 Å². The molecule has 0 aliphatic rings. The van der Waals surface area contributed by atoms with E-state index in [4.69, 9.17) is 27.9 Å². The Morgan fingerprint density at radius 3 is 2.41 bits per heavy atom. The van der Waals surface area contributed by atoms with Crippen molar-refractivity contribution in [1.82, 2.24) is 0 Å². The topological polar surface area (TPSA) is 138 Å². The van der Waals surface area contributed by atoms with Crippen LogP contribution in [0.2, 0.25) is 10.0 Å². The van der Waals surface area contributed by atoms with Gasteiger partial charge in [-0.3, -0.25) is 9.35 Å². The van der Waals surface area contributed by atoms with Gasteiger partial charge in [0.1, 0.15) is 27.7 Å². The van der Waals surface area contributed by atoms with Crippen molar-refractivity contribution < 1.29 is 27.6 Å². The van der Waals surface area contributed by atoms with Crippen LogP contribution in [0, 0.1) is 6.92 Å². The third kappa shape index (κ3) is 5.23. The molecule has 0 heterocycles. The third-order valence-corrected chi connectivity index (χ3v) is 7.15. The minimum Gasteiger partial charge on any atom is -0.505 e. The predicted molar refractivity (Wildman–Crippen MR) is 142 cm³/mol. The Balaban J connectivity index is 1.87. The molecule has 4 aromatic carbocycles. The van der Waals surface area contributed by atoms with Crippen LogP contribution in [-0.2, 0) is 10.1 Å². The minimum absolute atomic E-state index is 0.0533. The SMILES string of the molecule is COc1cccc(Cl)c1NC(=O)c1cc2ccccc2c(N=Nc2c(S(=O)(=O)O)ccc(C)c2Cl)c1O. The molecule has 0 aromatic heterocycles. The van der Waals surface area contributed by atoms with Gasteiger partial charge in [-0.1, -0.05) is 59.6 Å². The molecule has 0 spiro atoms. The van der Waals surface area contributed by atoms with Gasteiger partial charge in [0.25, 0.3) is 16.0 Å². The quantitative estimate of drug-likeness (QED) is 0.170. The molecule has 0 saturated heterocycles. The molecule has 4 aromatic rings. The summed E-state index contributed by atoms with van der Waals surface area (Å²) in [5.41, 5.74) is 0.104. The Kier molecular flexibility index (Phi) is 7.37. The first-order chi connectivity index (χ1) is 17.5. The number of rotatable bonds is 6. The molecule has 37 heavy (non-hydrogen) atoms. The van der Waals surface area contributed by atoms with Gasteiger partial charge in [0, 0.05) is 5.39 Å². The number of nitrogens with one attached hydrogen (secondary N) is 1. The number of phenols is 1. The zero-order chi connectivity index (χ0) is 26.9. The summed E-state index contributed by atoms with van der Waals surface area (Å²) in [5.74, 6) is -0.922. The number of amides is 1. The van der Waals surface area contributed by atoms with Crippen molar-refractivity contribution in [1.29, 1.82) is 0 Å². The molecule has 9 nitrogen and oxygen atoms in total. The summed E-state index contributed by atoms with van der Waals surface area (Å²) in [4.78, 5) is 12.7. The van der Waals surface area contributed by atoms with Gasteiger partial charge >= 0.3 is 0 Å². The molecule has 12 heteroatoms. The summed E-state index contributed by atoms with van der Waals surface area (Å²) in [6, 6.07) is 15.6. The number of hydrogen-bond acceptors (Lipinski definition) is 7. The smallest absolute Gasteiger partial charge is 0.296 e. The summed E-state index contributed by atoms with van der Waals surface area (Å²) < 4.78 is 38.6. The molecule has 0 fully saturated rings. The second-order valence-electron chi connectivity index (χ2n) is 7.83. The zero-order valence-corrected chi connectivity index (χ0v) is 21.7. The van der Waals surface area contributed by atoms with E-state index in [2.05, 4.69) is 15.5 Å². The normalized spacial score (nSPS) is 11.7. The number of aryl methyl sites for hydroxylation is 1. The Bertz CT molecular complexity index is 1690. The molecule has 0 bridgehead atoms. The van der Waals surface area contributed by atoms with E-state index in [-0.39, 0.29) is 32.7 Å². The number of phenolic OH excluding ortho intramolecular Hbond substituents is 1. The van der Waals surface area contributed by atoms with Crippen LogP contribution in [0.25, 0.3) is 10.8 Å². The molecule has 0 radical (unpaired) electrons. The number of halogens is 2. The molecule has 0 aliphatic carbocycles. The summed E-state index contributed by atoms with van der Waals surface area (Å²) in [7, 11) is -3.26. The number of nitrogens with zero attached hydrogens (tertiary/aromatic N) is 2. The summed E-state index contributed by atoms with van der Waals surface area (Å²) in [5, 5.41) is 22.9. The summed E-state index contributed by atoms with van der Waals surface area (Å²) in [6.07, 6.45) is 0. The van der Waals surface area contributed by atoms with Crippen molar-refractivity contribution in [2.45, 2.75) is 11.8 Å². The van der Waals surface area contributed by atoms with Gasteiger partial charge in [-0.2, -0.15) is 8.42 Å². The Labute approximate surface area is 222 Å². The number of methoxy groups -OCH3 is 1. The second-order valence-corrected chi connectivity index (χ2v) is 10.0. The fourth-order valence-corrected chi connectivity index (χ4v) is 4.72. The minimum atomic E-state index is -4.69. The number of benzene rings is 4. The van der Waals surface area contributed by atoms with E-state index in [1.54, 1.807) is 49.4 Å². The Hall–Kier alpha value is -3.70. The van der Waals surface area contributed by atoms with Crippen LogP contribution in [0.1, 0.15) is 15.9 Å². The lowest BCUT2D eigenvalue weighted by atomic mass is 10.0. The van der Waals surface area contributed by atoms with Crippen molar-refractivity contribution in [3.63, 3.8) is 0 Å². The second kappa shape index (κ2) is 10.3. The van der Waals surface area contributed by atoms with E-state index in [1.807, 2.05) is 0 Å².